The summed E-state index contributed by atoms with van der Waals surface area (Å²) in [6.45, 7) is 2.42. The Kier molecular flexibility index (Phi) is 6.44. The number of nitrogens with one attached hydrogen (secondary N) is 1. The molecule has 0 bridgehead atoms. The average molecular weight is 395 g/mol. The van der Waals surface area contributed by atoms with E-state index in [4.69, 9.17) is 11.6 Å². The van der Waals surface area contributed by atoms with Gasteiger partial charge in [0.15, 0.2) is 9.84 Å². The van der Waals surface area contributed by atoms with Gasteiger partial charge < -0.3 is 10.2 Å². The number of halogens is 1. The van der Waals surface area contributed by atoms with E-state index in [1.165, 1.54) is 23.8 Å². The number of likely N-dealkylation sites (N-methyl/N-ethyl adjacent to an activating group) is 1. The molecule has 0 aliphatic heterocycles. The molecule has 1 amide bonds. The van der Waals surface area contributed by atoms with Crippen LogP contribution in [0.2, 0.25) is 5.02 Å². The van der Waals surface area contributed by atoms with Gasteiger partial charge in [0.2, 0.25) is 0 Å². The van der Waals surface area contributed by atoms with Crippen LogP contribution in [-0.2, 0) is 9.84 Å². The predicted molar refractivity (Wildman–Crippen MR) is 105 cm³/mol. The number of benzene rings is 2. The lowest BCUT2D eigenvalue weighted by molar-refractivity contribution is 0.0941. The van der Waals surface area contributed by atoms with Crippen LogP contribution >= 0.6 is 11.6 Å². The van der Waals surface area contributed by atoms with Crippen LogP contribution in [0.3, 0.4) is 0 Å². The Morgan fingerprint density at radius 2 is 1.77 bits per heavy atom. The van der Waals surface area contributed by atoms with Crippen molar-refractivity contribution < 1.29 is 13.2 Å². The Hall–Kier alpha value is -1.89. The minimum absolute atomic E-state index is 0.00114. The highest BCUT2D eigenvalue weighted by molar-refractivity contribution is 7.90. The van der Waals surface area contributed by atoms with Gasteiger partial charge in [-0.2, -0.15) is 0 Å². The molecule has 2 aromatic carbocycles. The summed E-state index contributed by atoms with van der Waals surface area (Å²) in [7, 11) is 0.389. The van der Waals surface area contributed by atoms with Crippen LogP contribution in [0.15, 0.2) is 47.4 Å². The summed E-state index contributed by atoms with van der Waals surface area (Å²) in [5, 5.41) is 2.98. The second-order valence-corrected chi connectivity index (χ2v) is 8.91. The Morgan fingerprint density at radius 3 is 2.31 bits per heavy atom. The molecule has 0 radical (unpaired) electrons. The zero-order chi connectivity index (χ0) is 19.5. The molecule has 2 rings (SSSR count). The lowest BCUT2D eigenvalue weighted by Crippen LogP contribution is -2.34. The van der Waals surface area contributed by atoms with Crippen molar-refractivity contribution in [3.05, 3.63) is 64.2 Å². The van der Waals surface area contributed by atoms with Crippen molar-refractivity contribution in [2.24, 2.45) is 0 Å². The molecular formula is C19H23ClN2O3S. The smallest absolute Gasteiger partial charge is 0.251 e. The lowest BCUT2D eigenvalue weighted by Gasteiger charge is -2.25. The van der Waals surface area contributed by atoms with Gasteiger partial charge >= 0.3 is 0 Å². The van der Waals surface area contributed by atoms with Crippen LogP contribution in [-0.4, -0.2) is 46.1 Å². The van der Waals surface area contributed by atoms with E-state index < -0.39 is 9.84 Å². The molecule has 1 N–H and O–H groups in total. The molecule has 0 saturated carbocycles. The maximum absolute atomic E-state index is 12.5. The zero-order valence-corrected chi connectivity index (χ0v) is 16.9. The van der Waals surface area contributed by atoms with Crippen LogP contribution in [0.5, 0.6) is 0 Å². The molecule has 0 aliphatic carbocycles. The molecule has 1 atom stereocenters. The Morgan fingerprint density at radius 1 is 1.15 bits per heavy atom. The fourth-order valence-electron chi connectivity index (χ4n) is 2.61. The minimum atomic E-state index is -3.50. The van der Waals surface area contributed by atoms with E-state index in [1.807, 2.05) is 50.2 Å². The first-order chi connectivity index (χ1) is 12.1. The summed E-state index contributed by atoms with van der Waals surface area (Å²) < 4.78 is 23.5. The monoisotopic (exact) mass is 394 g/mol. The SMILES string of the molecule is Cc1ccc(C(CNC(=O)c2ccc(Cl)c(S(C)(=O)=O)c2)N(C)C)cc1. The van der Waals surface area contributed by atoms with Gasteiger partial charge in [-0.05, 0) is 44.8 Å². The van der Waals surface area contributed by atoms with Crippen molar-refractivity contribution in [3.8, 4) is 0 Å². The number of aryl methyl sites for hydroxylation is 1. The first kappa shape index (κ1) is 20.4. The van der Waals surface area contributed by atoms with Crippen molar-refractivity contribution in [3.63, 3.8) is 0 Å². The fraction of sp³-hybridized carbons (Fsp3) is 0.316. The Bertz CT molecular complexity index is 894. The van der Waals surface area contributed by atoms with E-state index in [1.54, 1.807) is 0 Å². The average Bonchev–Trinajstić information content (AvgIpc) is 2.55. The van der Waals surface area contributed by atoms with Crippen molar-refractivity contribution in [1.29, 1.82) is 0 Å². The molecule has 140 valence electrons. The second-order valence-electron chi connectivity index (χ2n) is 6.52. The first-order valence-electron chi connectivity index (χ1n) is 8.10. The summed E-state index contributed by atoms with van der Waals surface area (Å²) >= 11 is 5.93. The highest BCUT2D eigenvalue weighted by Crippen LogP contribution is 2.23. The number of hydrogen-bond acceptors (Lipinski definition) is 4. The molecule has 0 spiro atoms. The molecule has 5 nitrogen and oxygen atoms in total. The van der Waals surface area contributed by atoms with Crippen molar-refractivity contribution in [1.82, 2.24) is 10.2 Å². The molecule has 0 heterocycles. The second kappa shape index (κ2) is 8.20. The third-order valence-electron chi connectivity index (χ3n) is 4.13. The summed E-state index contributed by atoms with van der Waals surface area (Å²) in [5.41, 5.74) is 2.52. The van der Waals surface area contributed by atoms with E-state index in [0.717, 1.165) is 11.8 Å². The molecule has 7 heteroatoms. The number of carbonyl (C=O) groups excluding carboxylic acids is 1. The predicted octanol–water partition coefficient (Wildman–Crippen LogP) is 3.08. The van der Waals surface area contributed by atoms with Gasteiger partial charge in [0, 0.05) is 18.4 Å². The van der Waals surface area contributed by atoms with Crippen molar-refractivity contribution in [2.75, 3.05) is 26.9 Å². The normalized spacial score (nSPS) is 12.8. The standard InChI is InChI=1S/C19H23ClN2O3S/c1-13-5-7-14(8-6-13)17(22(2)3)12-21-19(23)15-9-10-16(20)18(11-15)26(4,24)25/h5-11,17H,12H2,1-4H3,(H,21,23). The maximum Gasteiger partial charge on any atom is 0.251 e. The summed E-state index contributed by atoms with van der Waals surface area (Å²) in [4.78, 5) is 14.5. The summed E-state index contributed by atoms with van der Waals surface area (Å²) in [5.74, 6) is -0.342. The Balaban J connectivity index is 2.17. The topological polar surface area (TPSA) is 66.5 Å². The number of amides is 1. The van der Waals surface area contributed by atoms with Gasteiger partial charge in [-0.1, -0.05) is 41.4 Å². The van der Waals surface area contributed by atoms with Crippen LogP contribution in [0.4, 0.5) is 0 Å². The van der Waals surface area contributed by atoms with Crippen LogP contribution < -0.4 is 5.32 Å². The van der Waals surface area contributed by atoms with Crippen LogP contribution in [0, 0.1) is 6.92 Å². The highest BCUT2D eigenvalue weighted by Gasteiger charge is 2.18. The number of carbonyl (C=O) groups is 1. The number of nitrogens with zero attached hydrogens (tertiary/aromatic N) is 1. The lowest BCUT2D eigenvalue weighted by atomic mass is 10.0. The summed E-state index contributed by atoms with van der Waals surface area (Å²) in [6, 6.07) is 12.4. The first-order valence-corrected chi connectivity index (χ1v) is 10.4. The number of rotatable bonds is 6. The Labute approximate surface area is 159 Å². The molecule has 0 aromatic heterocycles. The summed E-state index contributed by atoms with van der Waals surface area (Å²) in [6.07, 6.45) is 1.06. The van der Waals surface area contributed by atoms with Gasteiger partial charge in [-0.3, -0.25) is 4.79 Å². The van der Waals surface area contributed by atoms with Gasteiger partial charge in [0.05, 0.1) is 16.0 Å². The van der Waals surface area contributed by atoms with Gasteiger partial charge in [0.1, 0.15) is 0 Å². The van der Waals surface area contributed by atoms with Crippen molar-refractivity contribution >= 4 is 27.3 Å². The van der Waals surface area contributed by atoms with E-state index in [0.29, 0.717) is 6.54 Å². The zero-order valence-electron chi connectivity index (χ0n) is 15.3. The largest absolute Gasteiger partial charge is 0.350 e. The van der Waals surface area contributed by atoms with Crippen LogP contribution in [0.1, 0.15) is 27.5 Å². The third-order valence-corrected chi connectivity index (χ3v) is 5.71. The van der Waals surface area contributed by atoms with Crippen molar-refractivity contribution in [2.45, 2.75) is 17.9 Å². The quantitative estimate of drug-likeness (QED) is 0.817. The van der Waals surface area contributed by atoms with Gasteiger partial charge in [-0.15, -0.1) is 0 Å². The fourth-order valence-corrected chi connectivity index (χ4v) is 3.91. The van der Waals surface area contributed by atoms with Crippen LogP contribution in [0.25, 0.3) is 0 Å². The van der Waals surface area contributed by atoms with Gasteiger partial charge in [0.25, 0.3) is 5.91 Å². The maximum atomic E-state index is 12.5. The minimum Gasteiger partial charge on any atom is -0.350 e. The molecule has 1 unspecified atom stereocenters. The van der Waals surface area contributed by atoms with E-state index in [2.05, 4.69) is 5.32 Å². The van der Waals surface area contributed by atoms with E-state index in [9.17, 15) is 13.2 Å². The molecule has 2 aromatic rings. The van der Waals surface area contributed by atoms with E-state index in [-0.39, 0.29) is 27.4 Å². The van der Waals surface area contributed by atoms with Gasteiger partial charge in [-0.25, -0.2) is 8.42 Å². The number of sulfone groups is 1. The molecule has 0 aliphatic rings. The molecule has 26 heavy (non-hydrogen) atoms. The molecular weight excluding hydrogens is 372 g/mol. The molecule has 0 saturated heterocycles. The molecule has 0 fully saturated rings. The third kappa shape index (κ3) is 5.06. The number of hydrogen-bond donors (Lipinski definition) is 1. The highest BCUT2D eigenvalue weighted by atomic mass is 35.5. The van der Waals surface area contributed by atoms with E-state index >= 15 is 0 Å².